The van der Waals surface area contributed by atoms with E-state index < -0.39 is 12.1 Å². The molecule has 0 aliphatic heterocycles. The van der Waals surface area contributed by atoms with Crippen molar-refractivity contribution in [2.24, 2.45) is 11.8 Å². The standard InChI is InChI=1S/C13H21ClF3NO/c1-9(2)18(8-7-14)12(19)10-3-5-11(6-4-10)13(15,16)17/h9-11H,3-8H2,1-2H3. The quantitative estimate of drug-likeness (QED) is 0.723. The zero-order valence-electron chi connectivity index (χ0n) is 11.3. The van der Waals surface area contributed by atoms with Crippen LogP contribution in [0.3, 0.4) is 0 Å². The first-order valence-corrected chi connectivity index (χ1v) is 7.24. The molecule has 0 unspecified atom stereocenters. The largest absolute Gasteiger partial charge is 0.391 e. The molecule has 0 atom stereocenters. The van der Waals surface area contributed by atoms with E-state index in [2.05, 4.69) is 0 Å². The van der Waals surface area contributed by atoms with Gasteiger partial charge >= 0.3 is 6.18 Å². The van der Waals surface area contributed by atoms with Crippen molar-refractivity contribution < 1.29 is 18.0 Å². The van der Waals surface area contributed by atoms with Gasteiger partial charge in [0.25, 0.3) is 0 Å². The Morgan fingerprint density at radius 3 is 2.16 bits per heavy atom. The SMILES string of the molecule is CC(C)N(CCCl)C(=O)C1CCC(C(F)(F)F)CC1. The highest BCUT2D eigenvalue weighted by Crippen LogP contribution is 2.40. The first-order valence-electron chi connectivity index (χ1n) is 6.70. The lowest BCUT2D eigenvalue weighted by molar-refractivity contribution is -0.185. The Morgan fingerprint density at radius 1 is 1.26 bits per heavy atom. The second kappa shape index (κ2) is 6.82. The fourth-order valence-corrected chi connectivity index (χ4v) is 2.80. The van der Waals surface area contributed by atoms with Crippen molar-refractivity contribution in [1.29, 1.82) is 0 Å². The molecule has 0 radical (unpaired) electrons. The lowest BCUT2D eigenvalue weighted by atomic mass is 9.81. The fraction of sp³-hybridized carbons (Fsp3) is 0.923. The van der Waals surface area contributed by atoms with E-state index >= 15 is 0 Å². The molecule has 0 aromatic carbocycles. The first kappa shape index (κ1) is 16.6. The van der Waals surface area contributed by atoms with E-state index in [0.717, 1.165) is 0 Å². The molecule has 1 aliphatic rings. The van der Waals surface area contributed by atoms with Crippen LogP contribution in [0, 0.1) is 11.8 Å². The number of amides is 1. The van der Waals surface area contributed by atoms with Crippen LogP contribution < -0.4 is 0 Å². The Bertz CT molecular complexity index is 299. The summed E-state index contributed by atoms with van der Waals surface area (Å²) in [6.07, 6.45) is -3.34. The van der Waals surface area contributed by atoms with E-state index in [4.69, 9.17) is 11.6 Å². The number of hydrogen-bond donors (Lipinski definition) is 0. The van der Waals surface area contributed by atoms with Crippen LogP contribution in [0.4, 0.5) is 13.2 Å². The van der Waals surface area contributed by atoms with Gasteiger partial charge in [-0.15, -0.1) is 11.6 Å². The first-order chi connectivity index (χ1) is 8.77. The van der Waals surface area contributed by atoms with Gasteiger partial charge in [-0.1, -0.05) is 0 Å². The van der Waals surface area contributed by atoms with Crippen LogP contribution in [0.1, 0.15) is 39.5 Å². The number of hydrogen-bond acceptors (Lipinski definition) is 1. The van der Waals surface area contributed by atoms with Crippen molar-refractivity contribution in [3.63, 3.8) is 0 Å². The third kappa shape index (κ3) is 4.55. The molecule has 0 bridgehead atoms. The van der Waals surface area contributed by atoms with Crippen molar-refractivity contribution in [3.05, 3.63) is 0 Å². The average molecular weight is 300 g/mol. The fourth-order valence-electron chi connectivity index (χ4n) is 2.62. The summed E-state index contributed by atoms with van der Waals surface area (Å²) in [5.41, 5.74) is 0. The molecular weight excluding hydrogens is 279 g/mol. The van der Waals surface area contributed by atoms with Crippen molar-refractivity contribution in [1.82, 2.24) is 4.90 Å². The minimum atomic E-state index is -4.12. The Labute approximate surface area is 117 Å². The highest BCUT2D eigenvalue weighted by molar-refractivity contribution is 6.18. The molecular formula is C13H21ClF3NO. The summed E-state index contributed by atoms with van der Waals surface area (Å²) in [4.78, 5) is 13.9. The van der Waals surface area contributed by atoms with Crippen LogP contribution in [0.2, 0.25) is 0 Å². The maximum absolute atomic E-state index is 12.6. The summed E-state index contributed by atoms with van der Waals surface area (Å²) in [6, 6.07) is 0.0339. The summed E-state index contributed by atoms with van der Waals surface area (Å²) in [7, 11) is 0. The summed E-state index contributed by atoms with van der Waals surface area (Å²) >= 11 is 5.66. The van der Waals surface area contributed by atoms with E-state index in [0.29, 0.717) is 25.3 Å². The van der Waals surface area contributed by atoms with Gasteiger partial charge in [0.1, 0.15) is 0 Å². The van der Waals surface area contributed by atoms with Crippen LogP contribution in [-0.2, 0) is 4.79 Å². The minimum Gasteiger partial charge on any atom is -0.339 e. The monoisotopic (exact) mass is 299 g/mol. The molecule has 0 heterocycles. The van der Waals surface area contributed by atoms with Gasteiger partial charge in [0.2, 0.25) is 5.91 Å². The average Bonchev–Trinajstić information content (AvgIpc) is 2.34. The Kier molecular flexibility index (Phi) is 5.96. The molecule has 1 aliphatic carbocycles. The van der Waals surface area contributed by atoms with Crippen molar-refractivity contribution in [2.75, 3.05) is 12.4 Å². The molecule has 19 heavy (non-hydrogen) atoms. The van der Waals surface area contributed by atoms with Crippen LogP contribution in [0.5, 0.6) is 0 Å². The second-order valence-electron chi connectivity index (χ2n) is 5.40. The van der Waals surface area contributed by atoms with Crippen LogP contribution in [-0.4, -0.2) is 35.4 Å². The molecule has 112 valence electrons. The van der Waals surface area contributed by atoms with Crippen molar-refractivity contribution >= 4 is 17.5 Å². The molecule has 2 nitrogen and oxygen atoms in total. The maximum Gasteiger partial charge on any atom is 0.391 e. The van der Waals surface area contributed by atoms with E-state index in [-0.39, 0.29) is 30.7 Å². The van der Waals surface area contributed by atoms with E-state index in [1.165, 1.54) is 0 Å². The topological polar surface area (TPSA) is 20.3 Å². The number of halogens is 4. The van der Waals surface area contributed by atoms with E-state index in [9.17, 15) is 18.0 Å². The number of nitrogens with zero attached hydrogens (tertiary/aromatic N) is 1. The van der Waals surface area contributed by atoms with Crippen LogP contribution in [0.15, 0.2) is 0 Å². The summed E-state index contributed by atoms with van der Waals surface area (Å²) in [5, 5.41) is 0. The second-order valence-corrected chi connectivity index (χ2v) is 5.78. The van der Waals surface area contributed by atoms with Gasteiger partial charge in [0.05, 0.1) is 5.92 Å². The van der Waals surface area contributed by atoms with Gasteiger partial charge in [0.15, 0.2) is 0 Å². The van der Waals surface area contributed by atoms with Gasteiger partial charge in [-0.25, -0.2) is 0 Å². The molecule has 1 rings (SSSR count). The molecule has 0 saturated heterocycles. The van der Waals surface area contributed by atoms with Crippen LogP contribution >= 0.6 is 11.6 Å². The Morgan fingerprint density at radius 2 is 1.79 bits per heavy atom. The Hall–Kier alpha value is -0.450. The molecule has 0 aromatic heterocycles. The van der Waals surface area contributed by atoms with Gasteiger partial charge in [-0.05, 0) is 39.5 Å². The molecule has 6 heteroatoms. The summed E-state index contributed by atoms with van der Waals surface area (Å²) in [5.74, 6) is -1.21. The smallest absolute Gasteiger partial charge is 0.339 e. The van der Waals surface area contributed by atoms with Crippen molar-refractivity contribution in [2.45, 2.75) is 51.7 Å². The highest BCUT2D eigenvalue weighted by Gasteiger charge is 2.43. The third-order valence-corrected chi connectivity index (χ3v) is 3.94. The highest BCUT2D eigenvalue weighted by atomic mass is 35.5. The third-order valence-electron chi connectivity index (χ3n) is 3.77. The van der Waals surface area contributed by atoms with Crippen LogP contribution in [0.25, 0.3) is 0 Å². The summed E-state index contributed by atoms with van der Waals surface area (Å²) < 4.78 is 37.7. The predicted molar refractivity (Wildman–Crippen MR) is 69.1 cm³/mol. The normalized spacial score (nSPS) is 24.6. The molecule has 1 fully saturated rings. The molecule has 0 aromatic rings. The molecule has 0 N–H and O–H groups in total. The zero-order valence-corrected chi connectivity index (χ0v) is 12.1. The lowest BCUT2D eigenvalue weighted by Crippen LogP contribution is -2.43. The molecule has 1 amide bonds. The van der Waals surface area contributed by atoms with Gasteiger partial charge in [0, 0.05) is 24.4 Å². The molecule has 1 saturated carbocycles. The molecule has 0 spiro atoms. The number of alkyl halides is 4. The van der Waals surface area contributed by atoms with Gasteiger partial charge in [-0.2, -0.15) is 13.2 Å². The van der Waals surface area contributed by atoms with E-state index in [1.54, 1.807) is 4.90 Å². The minimum absolute atomic E-state index is 0.0339. The van der Waals surface area contributed by atoms with Gasteiger partial charge < -0.3 is 4.90 Å². The van der Waals surface area contributed by atoms with E-state index in [1.807, 2.05) is 13.8 Å². The lowest BCUT2D eigenvalue weighted by Gasteiger charge is -2.34. The number of rotatable bonds is 4. The zero-order chi connectivity index (χ0) is 14.6. The van der Waals surface area contributed by atoms with Gasteiger partial charge in [-0.3, -0.25) is 4.79 Å². The Balaban J connectivity index is 2.56. The summed E-state index contributed by atoms with van der Waals surface area (Å²) in [6.45, 7) is 4.24. The number of carbonyl (C=O) groups is 1. The number of carbonyl (C=O) groups excluding carboxylic acids is 1. The van der Waals surface area contributed by atoms with Crippen molar-refractivity contribution in [3.8, 4) is 0 Å². The maximum atomic E-state index is 12.6. The predicted octanol–water partition coefficient (Wildman–Crippen LogP) is 3.83.